The largest absolute Gasteiger partial charge is 0.489 e. The van der Waals surface area contributed by atoms with Gasteiger partial charge in [-0.05, 0) is 12.1 Å². The van der Waals surface area contributed by atoms with Crippen molar-refractivity contribution in [2.75, 3.05) is 33.5 Å². The van der Waals surface area contributed by atoms with Crippen molar-refractivity contribution in [2.45, 2.75) is 32.5 Å². The molecule has 0 aliphatic carbocycles. The topological polar surface area (TPSA) is 72.8 Å². The molecule has 120 valence electrons. The molecular weight excluding hydrogens is 272 g/mol. The van der Waals surface area contributed by atoms with Gasteiger partial charge in [0.05, 0.1) is 31.7 Å². The Bertz CT molecular complexity index is 370. The number of rotatable bonds is 11. The van der Waals surface area contributed by atoms with E-state index in [-0.39, 0.29) is 13.2 Å². The van der Waals surface area contributed by atoms with E-state index in [0.29, 0.717) is 25.0 Å². The summed E-state index contributed by atoms with van der Waals surface area (Å²) in [5.41, 5.74) is 0.958. The number of hydrogen-bond acceptors (Lipinski definition) is 6. The van der Waals surface area contributed by atoms with E-state index in [1.165, 1.54) is 0 Å². The van der Waals surface area contributed by atoms with Gasteiger partial charge >= 0.3 is 0 Å². The first-order chi connectivity index (χ1) is 10.1. The van der Waals surface area contributed by atoms with E-state index in [1.807, 2.05) is 12.1 Å². The van der Waals surface area contributed by atoms with E-state index in [0.717, 1.165) is 12.2 Å². The highest BCUT2D eigenvalue weighted by atomic mass is 16.5. The molecule has 1 unspecified atom stereocenters. The van der Waals surface area contributed by atoms with Crippen LogP contribution in [0.25, 0.3) is 0 Å². The van der Waals surface area contributed by atoms with Gasteiger partial charge in [0.25, 0.3) is 0 Å². The number of aliphatic hydroxyl groups is 1. The number of nitrogens with zero attached hydrogens (tertiary/aromatic N) is 1. The van der Waals surface area contributed by atoms with Crippen LogP contribution in [0.2, 0.25) is 0 Å². The van der Waals surface area contributed by atoms with Crippen molar-refractivity contribution >= 4 is 0 Å². The first-order valence-electron chi connectivity index (χ1n) is 7.17. The maximum absolute atomic E-state index is 9.69. The van der Waals surface area contributed by atoms with Crippen molar-refractivity contribution in [2.24, 2.45) is 0 Å². The summed E-state index contributed by atoms with van der Waals surface area (Å²) in [6, 6.07) is 4.19. The van der Waals surface area contributed by atoms with Crippen LogP contribution in [-0.2, 0) is 16.0 Å². The van der Waals surface area contributed by atoms with Crippen LogP contribution in [0, 0.1) is 0 Å². The summed E-state index contributed by atoms with van der Waals surface area (Å²) >= 11 is 0. The molecule has 0 bridgehead atoms. The van der Waals surface area contributed by atoms with Gasteiger partial charge < -0.3 is 24.6 Å². The molecule has 1 heterocycles. The molecule has 0 amide bonds. The van der Waals surface area contributed by atoms with Gasteiger partial charge in [-0.15, -0.1) is 0 Å². The Labute approximate surface area is 126 Å². The smallest absolute Gasteiger partial charge is 0.137 e. The van der Waals surface area contributed by atoms with Gasteiger partial charge in [-0.3, -0.25) is 4.98 Å². The standard InChI is InChI=1S/C15H26N2O4/c1-12(2)16-8-13-4-5-15(9-17-13)21-11-14(18)10-20-7-6-19-3/h4-5,9,12,14,16,18H,6-8,10-11H2,1-3H3. The van der Waals surface area contributed by atoms with E-state index in [9.17, 15) is 5.11 Å². The van der Waals surface area contributed by atoms with E-state index in [1.54, 1.807) is 13.3 Å². The maximum Gasteiger partial charge on any atom is 0.137 e. The minimum atomic E-state index is -0.663. The molecule has 0 fully saturated rings. The van der Waals surface area contributed by atoms with E-state index in [4.69, 9.17) is 14.2 Å². The molecule has 0 aromatic carbocycles. The van der Waals surface area contributed by atoms with Crippen molar-refractivity contribution < 1.29 is 19.3 Å². The number of aromatic nitrogens is 1. The van der Waals surface area contributed by atoms with Crippen LogP contribution in [-0.4, -0.2) is 55.8 Å². The third-order valence-electron chi connectivity index (χ3n) is 2.67. The molecule has 1 rings (SSSR count). The van der Waals surface area contributed by atoms with E-state index >= 15 is 0 Å². The van der Waals surface area contributed by atoms with Crippen LogP contribution in [0.15, 0.2) is 18.3 Å². The lowest BCUT2D eigenvalue weighted by Crippen LogP contribution is -2.24. The molecule has 6 heteroatoms. The molecule has 1 aromatic rings. The summed E-state index contributed by atoms with van der Waals surface area (Å²) < 4.78 is 15.5. The second-order valence-corrected chi connectivity index (χ2v) is 5.05. The van der Waals surface area contributed by atoms with Crippen LogP contribution < -0.4 is 10.1 Å². The second kappa shape index (κ2) is 10.5. The molecule has 0 aliphatic heterocycles. The van der Waals surface area contributed by atoms with Gasteiger partial charge in [0, 0.05) is 19.7 Å². The van der Waals surface area contributed by atoms with Crippen LogP contribution in [0.4, 0.5) is 0 Å². The monoisotopic (exact) mass is 298 g/mol. The van der Waals surface area contributed by atoms with Crippen LogP contribution in [0.5, 0.6) is 5.75 Å². The van der Waals surface area contributed by atoms with Crippen molar-refractivity contribution in [1.29, 1.82) is 0 Å². The predicted octanol–water partition coefficient (Wildman–Crippen LogP) is 0.982. The number of ether oxygens (including phenoxy) is 3. The second-order valence-electron chi connectivity index (χ2n) is 5.05. The highest BCUT2D eigenvalue weighted by Gasteiger charge is 2.06. The van der Waals surface area contributed by atoms with E-state index < -0.39 is 6.10 Å². The summed E-state index contributed by atoms with van der Waals surface area (Å²) in [5, 5.41) is 13.0. The summed E-state index contributed by atoms with van der Waals surface area (Å²) in [7, 11) is 1.61. The van der Waals surface area contributed by atoms with Crippen molar-refractivity contribution in [3.63, 3.8) is 0 Å². The SMILES string of the molecule is COCCOCC(O)COc1ccc(CNC(C)C)nc1. The quantitative estimate of drug-likeness (QED) is 0.593. The zero-order valence-corrected chi connectivity index (χ0v) is 13.0. The average Bonchev–Trinajstić information content (AvgIpc) is 2.48. The molecule has 1 atom stereocenters. The molecule has 6 nitrogen and oxygen atoms in total. The summed E-state index contributed by atoms with van der Waals surface area (Å²) in [6.45, 7) is 6.30. The molecule has 0 saturated heterocycles. The minimum absolute atomic E-state index is 0.179. The molecular formula is C15H26N2O4. The van der Waals surface area contributed by atoms with Gasteiger partial charge in [0.1, 0.15) is 18.5 Å². The zero-order valence-electron chi connectivity index (χ0n) is 13.0. The molecule has 1 aromatic heterocycles. The first-order valence-corrected chi connectivity index (χ1v) is 7.17. The lowest BCUT2D eigenvalue weighted by Gasteiger charge is -2.13. The maximum atomic E-state index is 9.69. The fraction of sp³-hybridized carbons (Fsp3) is 0.667. The van der Waals surface area contributed by atoms with Crippen LogP contribution in [0.1, 0.15) is 19.5 Å². The Morgan fingerprint density at radius 3 is 2.67 bits per heavy atom. The predicted molar refractivity (Wildman–Crippen MR) is 80.4 cm³/mol. The number of aliphatic hydroxyl groups excluding tert-OH is 1. The minimum Gasteiger partial charge on any atom is -0.489 e. The zero-order chi connectivity index (χ0) is 15.5. The lowest BCUT2D eigenvalue weighted by atomic mass is 10.3. The number of hydrogen-bond donors (Lipinski definition) is 2. The lowest BCUT2D eigenvalue weighted by molar-refractivity contribution is -0.00424. The Hall–Kier alpha value is -1.21. The van der Waals surface area contributed by atoms with Gasteiger partial charge in [0.2, 0.25) is 0 Å². The Morgan fingerprint density at radius 2 is 2.05 bits per heavy atom. The fourth-order valence-corrected chi connectivity index (χ4v) is 1.51. The van der Waals surface area contributed by atoms with Gasteiger partial charge in [-0.2, -0.15) is 0 Å². The highest BCUT2D eigenvalue weighted by molar-refractivity contribution is 5.19. The molecule has 21 heavy (non-hydrogen) atoms. The summed E-state index contributed by atoms with van der Waals surface area (Å²) in [5.74, 6) is 0.638. The van der Waals surface area contributed by atoms with Crippen LogP contribution >= 0.6 is 0 Å². The third-order valence-corrected chi connectivity index (χ3v) is 2.67. The van der Waals surface area contributed by atoms with Crippen molar-refractivity contribution in [3.8, 4) is 5.75 Å². The van der Waals surface area contributed by atoms with Crippen LogP contribution in [0.3, 0.4) is 0 Å². The van der Waals surface area contributed by atoms with Crippen molar-refractivity contribution in [3.05, 3.63) is 24.0 Å². The number of methoxy groups -OCH3 is 1. The molecule has 0 saturated carbocycles. The average molecular weight is 298 g/mol. The first kappa shape index (κ1) is 17.8. The third kappa shape index (κ3) is 8.62. The number of nitrogens with one attached hydrogen (secondary N) is 1. The Morgan fingerprint density at radius 1 is 1.24 bits per heavy atom. The van der Waals surface area contributed by atoms with Crippen molar-refractivity contribution in [1.82, 2.24) is 10.3 Å². The molecule has 0 radical (unpaired) electrons. The summed E-state index contributed by atoms with van der Waals surface area (Å²) in [4.78, 5) is 4.30. The highest BCUT2D eigenvalue weighted by Crippen LogP contribution is 2.09. The molecule has 0 aliphatic rings. The summed E-state index contributed by atoms with van der Waals surface area (Å²) in [6.07, 6.45) is 1.000. The molecule has 0 spiro atoms. The Kier molecular flexibility index (Phi) is 8.93. The fourth-order valence-electron chi connectivity index (χ4n) is 1.51. The van der Waals surface area contributed by atoms with Gasteiger partial charge in [-0.1, -0.05) is 13.8 Å². The normalized spacial score (nSPS) is 12.6. The Balaban J connectivity index is 2.22. The van der Waals surface area contributed by atoms with Gasteiger partial charge in [0.15, 0.2) is 0 Å². The van der Waals surface area contributed by atoms with Gasteiger partial charge in [-0.25, -0.2) is 0 Å². The van der Waals surface area contributed by atoms with E-state index in [2.05, 4.69) is 24.1 Å². The number of pyridine rings is 1. The molecule has 2 N–H and O–H groups in total.